The van der Waals surface area contributed by atoms with Crippen molar-refractivity contribution in [2.45, 2.75) is 46.1 Å². The number of aromatic amines is 1. The number of benzene rings is 1. The van der Waals surface area contributed by atoms with Gasteiger partial charge < -0.3 is 10.2 Å². The van der Waals surface area contributed by atoms with Crippen LogP contribution in [-0.4, -0.2) is 28.1 Å². The average Bonchev–Trinajstić information content (AvgIpc) is 3.10. The highest BCUT2D eigenvalue weighted by molar-refractivity contribution is 6.03. The van der Waals surface area contributed by atoms with Crippen molar-refractivity contribution in [3.05, 3.63) is 41.2 Å². The van der Waals surface area contributed by atoms with Gasteiger partial charge in [-0.05, 0) is 49.6 Å². The van der Waals surface area contributed by atoms with Crippen molar-refractivity contribution in [1.82, 2.24) is 10.2 Å². The van der Waals surface area contributed by atoms with E-state index >= 15 is 0 Å². The van der Waals surface area contributed by atoms with E-state index in [-0.39, 0.29) is 17.9 Å². The number of hydrogen-bond donors (Lipinski definition) is 2. The van der Waals surface area contributed by atoms with Crippen molar-refractivity contribution < 1.29 is 9.59 Å². The molecule has 126 valence electrons. The lowest BCUT2D eigenvalue weighted by atomic mass is 10.1. The molecular formula is C18H22N4O2. The van der Waals surface area contributed by atoms with Crippen LogP contribution < -0.4 is 10.2 Å². The molecule has 2 aromatic rings. The molecule has 0 radical (unpaired) electrons. The molecule has 1 aromatic heterocycles. The van der Waals surface area contributed by atoms with E-state index in [2.05, 4.69) is 22.4 Å². The van der Waals surface area contributed by atoms with Crippen molar-refractivity contribution >= 4 is 23.2 Å². The van der Waals surface area contributed by atoms with Crippen LogP contribution in [0.2, 0.25) is 0 Å². The number of carbonyl (C=O) groups is 2. The fourth-order valence-corrected chi connectivity index (χ4v) is 3.26. The summed E-state index contributed by atoms with van der Waals surface area (Å²) in [6.07, 6.45) is 2.67. The molecule has 2 amide bonds. The van der Waals surface area contributed by atoms with Gasteiger partial charge >= 0.3 is 0 Å². The Bertz CT molecular complexity index is 781. The molecule has 0 spiro atoms. The van der Waals surface area contributed by atoms with Gasteiger partial charge in [0, 0.05) is 30.0 Å². The van der Waals surface area contributed by atoms with Gasteiger partial charge in [0.25, 0.3) is 5.91 Å². The van der Waals surface area contributed by atoms with Gasteiger partial charge in [-0.1, -0.05) is 13.3 Å². The van der Waals surface area contributed by atoms with E-state index in [9.17, 15) is 9.59 Å². The second-order valence-electron chi connectivity index (χ2n) is 6.27. The summed E-state index contributed by atoms with van der Waals surface area (Å²) >= 11 is 0. The number of fused-ring (bicyclic) bond motifs is 1. The lowest BCUT2D eigenvalue weighted by molar-refractivity contribution is -0.116. The van der Waals surface area contributed by atoms with Crippen LogP contribution in [0.1, 0.15) is 48.9 Å². The van der Waals surface area contributed by atoms with Crippen molar-refractivity contribution in [3.63, 3.8) is 0 Å². The van der Waals surface area contributed by atoms with Gasteiger partial charge in [0.1, 0.15) is 0 Å². The van der Waals surface area contributed by atoms with Crippen LogP contribution in [0, 0.1) is 0 Å². The molecule has 3 rings (SSSR count). The van der Waals surface area contributed by atoms with Gasteiger partial charge in [0.05, 0.1) is 0 Å². The van der Waals surface area contributed by atoms with E-state index < -0.39 is 0 Å². The number of aryl methyl sites for hydroxylation is 1. The van der Waals surface area contributed by atoms with Crippen molar-refractivity contribution in [3.8, 4) is 0 Å². The minimum Gasteiger partial charge on any atom is -0.321 e. The topological polar surface area (TPSA) is 78.1 Å². The maximum Gasteiger partial charge on any atom is 0.276 e. The summed E-state index contributed by atoms with van der Waals surface area (Å²) in [5, 5.41) is 9.82. The first-order valence-corrected chi connectivity index (χ1v) is 8.28. The summed E-state index contributed by atoms with van der Waals surface area (Å²) in [5.74, 6) is -0.193. The van der Waals surface area contributed by atoms with Crippen molar-refractivity contribution in [2.75, 3.05) is 10.2 Å². The molecule has 1 aliphatic heterocycles. The van der Waals surface area contributed by atoms with Gasteiger partial charge in [-0.3, -0.25) is 14.7 Å². The minimum atomic E-state index is -0.233. The number of anilines is 2. The second-order valence-corrected chi connectivity index (χ2v) is 6.27. The van der Waals surface area contributed by atoms with Crippen LogP contribution in [0.15, 0.2) is 24.3 Å². The maximum absolute atomic E-state index is 12.3. The van der Waals surface area contributed by atoms with Crippen LogP contribution in [-0.2, 0) is 17.6 Å². The third-order valence-electron chi connectivity index (χ3n) is 4.28. The van der Waals surface area contributed by atoms with E-state index in [1.165, 1.54) is 0 Å². The predicted octanol–water partition coefficient (Wildman–Crippen LogP) is 2.91. The Morgan fingerprint density at radius 1 is 1.38 bits per heavy atom. The quantitative estimate of drug-likeness (QED) is 0.907. The normalized spacial score (nSPS) is 16.1. The van der Waals surface area contributed by atoms with Crippen LogP contribution in [0.3, 0.4) is 0 Å². The summed E-state index contributed by atoms with van der Waals surface area (Å²) in [5.41, 5.74) is 4.07. The fourth-order valence-electron chi connectivity index (χ4n) is 3.26. The van der Waals surface area contributed by atoms with E-state index in [0.29, 0.717) is 5.69 Å². The van der Waals surface area contributed by atoms with Gasteiger partial charge in [0.2, 0.25) is 5.91 Å². The third kappa shape index (κ3) is 3.04. The third-order valence-corrected chi connectivity index (χ3v) is 4.28. The van der Waals surface area contributed by atoms with E-state index in [0.717, 1.165) is 41.9 Å². The molecule has 6 nitrogen and oxygen atoms in total. The zero-order valence-electron chi connectivity index (χ0n) is 14.2. The molecule has 0 saturated carbocycles. The largest absolute Gasteiger partial charge is 0.321 e. The summed E-state index contributed by atoms with van der Waals surface area (Å²) in [6, 6.07) is 7.58. The van der Waals surface area contributed by atoms with Gasteiger partial charge in [-0.2, -0.15) is 5.10 Å². The molecule has 0 bridgehead atoms. The van der Waals surface area contributed by atoms with Crippen LogP contribution >= 0.6 is 0 Å². The van der Waals surface area contributed by atoms with E-state index in [4.69, 9.17) is 0 Å². The molecule has 2 heterocycles. The number of H-pyrrole nitrogens is 1. The molecule has 0 unspecified atom stereocenters. The van der Waals surface area contributed by atoms with Gasteiger partial charge in [0.15, 0.2) is 5.69 Å². The SMILES string of the molecule is CCCc1cc(C(=O)Nc2ccc3c(c2)C[C@@H](C)N3C(C)=O)n[nH]1. The Labute approximate surface area is 141 Å². The fraction of sp³-hybridized carbons (Fsp3) is 0.389. The van der Waals surface area contributed by atoms with Crippen LogP contribution in [0.4, 0.5) is 11.4 Å². The summed E-state index contributed by atoms with van der Waals surface area (Å²) in [7, 11) is 0. The van der Waals surface area contributed by atoms with Crippen LogP contribution in [0.5, 0.6) is 0 Å². The first-order valence-electron chi connectivity index (χ1n) is 8.28. The minimum absolute atomic E-state index is 0.0398. The maximum atomic E-state index is 12.3. The highest BCUT2D eigenvalue weighted by Crippen LogP contribution is 2.34. The van der Waals surface area contributed by atoms with E-state index in [1.807, 2.05) is 25.1 Å². The number of nitrogens with one attached hydrogen (secondary N) is 2. The van der Waals surface area contributed by atoms with Crippen molar-refractivity contribution in [1.29, 1.82) is 0 Å². The molecule has 0 saturated heterocycles. The Balaban J connectivity index is 1.76. The lowest BCUT2D eigenvalue weighted by Crippen LogP contribution is -2.33. The number of hydrogen-bond acceptors (Lipinski definition) is 3. The molecule has 2 N–H and O–H groups in total. The molecule has 1 aliphatic rings. The summed E-state index contributed by atoms with van der Waals surface area (Å²) in [6.45, 7) is 5.68. The Morgan fingerprint density at radius 3 is 2.88 bits per heavy atom. The molecular weight excluding hydrogens is 304 g/mol. The number of carbonyl (C=O) groups excluding carboxylic acids is 2. The summed E-state index contributed by atoms with van der Waals surface area (Å²) < 4.78 is 0. The monoisotopic (exact) mass is 326 g/mol. The molecule has 1 aromatic carbocycles. The first kappa shape index (κ1) is 16.2. The molecule has 0 fully saturated rings. The summed E-state index contributed by atoms with van der Waals surface area (Å²) in [4.78, 5) is 25.9. The number of rotatable bonds is 4. The number of aromatic nitrogens is 2. The smallest absolute Gasteiger partial charge is 0.276 e. The second kappa shape index (κ2) is 6.47. The zero-order valence-corrected chi connectivity index (χ0v) is 14.2. The predicted molar refractivity (Wildman–Crippen MR) is 93.3 cm³/mol. The standard InChI is InChI=1S/C18H22N4O2/c1-4-5-15-10-16(21-20-15)18(24)19-14-6-7-17-13(9-14)8-11(2)22(17)12(3)23/h6-7,9-11H,4-5,8H2,1-3H3,(H,19,24)(H,20,21)/t11-/m1/s1. The Morgan fingerprint density at radius 2 is 2.17 bits per heavy atom. The Kier molecular flexibility index (Phi) is 4.38. The molecule has 0 aliphatic carbocycles. The van der Waals surface area contributed by atoms with E-state index in [1.54, 1.807) is 17.9 Å². The molecule has 24 heavy (non-hydrogen) atoms. The zero-order chi connectivity index (χ0) is 17.3. The first-order chi connectivity index (χ1) is 11.5. The Hall–Kier alpha value is -2.63. The molecule has 6 heteroatoms. The van der Waals surface area contributed by atoms with Crippen LogP contribution in [0.25, 0.3) is 0 Å². The highest BCUT2D eigenvalue weighted by Gasteiger charge is 2.29. The lowest BCUT2D eigenvalue weighted by Gasteiger charge is -2.20. The van der Waals surface area contributed by atoms with Gasteiger partial charge in [-0.25, -0.2) is 0 Å². The molecule has 1 atom stereocenters. The van der Waals surface area contributed by atoms with Crippen molar-refractivity contribution in [2.24, 2.45) is 0 Å². The number of amides is 2. The highest BCUT2D eigenvalue weighted by atomic mass is 16.2. The number of nitrogens with zero attached hydrogens (tertiary/aromatic N) is 2. The van der Waals surface area contributed by atoms with Gasteiger partial charge in [-0.15, -0.1) is 0 Å². The average molecular weight is 326 g/mol.